The highest BCUT2D eigenvalue weighted by molar-refractivity contribution is 5.91. The van der Waals surface area contributed by atoms with E-state index in [1.165, 1.54) is 11.1 Å². The first-order valence-electron chi connectivity index (χ1n) is 10.5. The number of halogens is 1. The lowest BCUT2D eigenvalue weighted by molar-refractivity contribution is -0.683. The number of nitrogens with zero attached hydrogens (tertiary/aromatic N) is 6. The summed E-state index contributed by atoms with van der Waals surface area (Å²) in [5.41, 5.74) is 1.67. The highest BCUT2D eigenvalue weighted by atomic mass is 35.5. The summed E-state index contributed by atoms with van der Waals surface area (Å²) in [7, 11) is 1.75. The molecule has 0 spiro atoms. The number of benzene rings is 1. The number of aromatic nitrogens is 6. The van der Waals surface area contributed by atoms with E-state index >= 15 is 0 Å². The summed E-state index contributed by atoms with van der Waals surface area (Å²) < 4.78 is 11.8. The van der Waals surface area contributed by atoms with Gasteiger partial charge in [-0.1, -0.05) is 0 Å². The molecule has 0 aliphatic heterocycles. The minimum Gasteiger partial charge on any atom is -1.00 e. The van der Waals surface area contributed by atoms with Gasteiger partial charge in [0.1, 0.15) is 36.8 Å². The van der Waals surface area contributed by atoms with Crippen LogP contribution in [-0.4, -0.2) is 49.1 Å². The van der Waals surface area contributed by atoms with Gasteiger partial charge in [-0.15, -0.1) is 5.10 Å². The Hall–Kier alpha value is -3.50. The zero-order chi connectivity index (χ0) is 22.5. The van der Waals surface area contributed by atoms with Crippen molar-refractivity contribution in [2.45, 2.75) is 26.8 Å². The maximum absolute atomic E-state index is 6.05. The average molecular weight is 471 g/mol. The summed E-state index contributed by atoms with van der Waals surface area (Å²) in [5.74, 6) is 3.09. The first-order valence-corrected chi connectivity index (χ1v) is 10.5. The van der Waals surface area contributed by atoms with E-state index in [2.05, 4.69) is 49.6 Å². The minimum atomic E-state index is 0. The van der Waals surface area contributed by atoms with E-state index in [4.69, 9.17) is 9.47 Å². The molecule has 0 saturated carbocycles. The minimum absolute atomic E-state index is 0. The number of pyridine rings is 1. The second-order valence-corrected chi connectivity index (χ2v) is 7.76. The fraction of sp³-hybridized carbons (Fsp3) is 0.318. The van der Waals surface area contributed by atoms with Crippen molar-refractivity contribution in [1.29, 1.82) is 0 Å². The van der Waals surface area contributed by atoms with Gasteiger partial charge in [-0.3, -0.25) is 0 Å². The van der Waals surface area contributed by atoms with Crippen LogP contribution in [0.3, 0.4) is 0 Å². The van der Waals surface area contributed by atoms with Crippen LogP contribution in [0.5, 0.6) is 17.4 Å². The van der Waals surface area contributed by atoms with Crippen molar-refractivity contribution in [3.8, 4) is 17.4 Å². The van der Waals surface area contributed by atoms with Crippen LogP contribution in [0.25, 0.3) is 10.9 Å². The van der Waals surface area contributed by atoms with Crippen molar-refractivity contribution in [3.63, 3.8) is 0 Å². The van der Waals surface area contributed by atoms with E-state index in [0.717, 1.165) is 28.8 Å². The monoisotopic (exact) mass is 470 g/mol. The first-order chi connectivity index (χ1) is 15.5. The maximum atomic E-state index is 6.05. The Balaban J connectivity index is 0.00000306. The molecule has 174 valence electrons. The number of anilines is 2. The van der Waals surface area contributed by atoms with Crippen molar-refractivity contribution in [2.75, 3.05) is 18.5 Å². The van der Waals surface area contributed by atoms with Crippen molar-refractivity contribution >= 4 is 22.5 Å². The summed E-state index contributed by atoms with van der Waals surface area (Å²) in [6.45, 7) is 7.79. The molecule has 1 aromatic carbocycles. The largest absolute Gasteiger partial charge is 1.00 e. The quantitative estimate of drug-likeness (QED) is 0.310. The highest BCUT2D eigenvalue weighted by Crippen LogP contribution is 2.30. The van der Waals surface area contributed by atoms with Gasteiger partial charge in [0.15, 0.2) is 5.82 Å². The Kier molecular flexibility index (Phi) is 7.96. The van der Waals surface area contributed by atoms with Gasteiger partial charge >= 0.3 is 0 Å². The van der Waals surface area contributed by atoms with Gasteiger partial charge in [0.2, 0.25) is 5.88 Å². The molecule has 3 aromatic heterocycles. The number of rotatable bonds is 9. The Bertz CT molecular complexity index is 1210. The third-order valence-electron chi connectivity index (χ3n) is 4.70. The number of fused-ring (bicyclic) bond motifs is 1. The molecule has 0 unspecified atom stereocenters. The lowest BCUT2D eigenvalue weighted by Crippen LogP contribution is -3.00. The standard InChI is InChI=1S/C22H26N8O2.ClH/c1-14(2)23-7-8-31-17-9-15(3)22(24-11-17)32-16-5-6-19-18(10-16)21(26-13-25-19)28-20-12-27-30(4)29-20;/h5-6,9-14,23H,7-8H2,1-4H3,(H,25,26,28,29);1H. The lowest BCUT2D eigenvalue weighted by Gasteiger charge is -2.12. The Morgan fingerprint density at radius 3 is 2.67 bits per heavy atom. The number of nitrogens with two attached hydrogens (primary N) is 1. The Morgan fingerprint density at radius 1 is 1.09 bits per heavy atom. The van der Waals surface area contributed by atoms with Gasteiger partial charge in [0, 0.05) is 18.0 Å². The smallest absolute Gasteiger partial charge is 0.222 e. The molecule has 0 radical (unpaired) electrons. The molecule has 4 rings (SSSR count). The molecule has 0 saturated heterocycles. The van der Waals surface area contributed by atoms with Crippen molar-refractivity contribution in [3.05, 3.63) is 48.5 Å². The topological polar surface area (TPSA) is 116 Å². The number of hydrogen-bond donors (Lipinski definition) is 2. The molecular formula is C22H27ClN8O2. The fourth-order valence-electron chi connectivity index (χ4n) is 3.14. The molecule has 0 atom stereocenters. The van der Waals surface area contributed by atoms with Gasteiger partial charge in [-0.2, -0.15) is 9.90 Å². The molecule has 0 bridgehead atoms. The zero-order valence-corrected chi connectivity index (χ0v) is 19.7. The predicted molar refractivity (Wildman–Crippen MR) is 120 cm³/mol. The third-order valence-corrected chi connectivity index (χ3v) is 4.70. The third kappa shape index (κ3) is 6.27. The van der Waals surface area contributed by atoms with Crippen LogP contribution in [-0.2, 0) is 7.05 Å². The Morgan fingerprint density at radius 2 is 1.94 bits per heavy atom. The second kappa shape index (κ2) is 10.9. The van der Waals surface area contributed by atoms with Gasteiger partial charge in [-0.05, 0) is 45.0 Å². The van der Waals surface area contributed by atoms with Crippen LogP contribution in [0.1, 0.15) is 19.4 Å². The van der Waals surface area contributed by atoms with E-state index in [1.807, 2.05) is 31.2 Å². The SMILES string of the molecule is Cc1cc(OCC[NH2+]C(C)C)cnc1Oc1ccc2ncnc(Nc3cnn(C)n3)c2c1.[Cl-]. The molecule has 11 heteroatoms. The molecule has 33 heavy (non-hydrogen) atoms. The summed E-state index contributed by atoms with van der Waals surface area (Å²) in [5, 5.41) is 14.5. The molecule has 0 fully saturated rings. The average Bonchev–Trinajstić information content (AvgIpc) is 3.18. The second-order valence-electron chi connectivity index (χ2n) is 7.76. The first kappa shape index (κ1) is 24.1. The predicted octanol–water partition coefficient (Wildman–Crippen LogP) is -0.648. The van der Waals surface area contributed by atoms with Gasteiger partial charge in [-0.25, -0.2) is 15.0 Å². The van der Waals surface area contributed by atoms with Crippen molar-refractivity contribution in [1.82, 2.24) is 29.9 Å². The molecule has 4 aromatic rings. The normalized spacial score (nSPS) is 10.8. The Labute approximate surface area is 198 Å². The number of aryl methyl sites for hydroxylation is 2. The fourth-order valence-corrected chi connectivity index (χ4v) is 3.14. The van der Waals surface area contributed by atoms with E-state index in [0.29, 0.717) is 35.9 Å². The summed E-state index contributed by atoms with van der Waals surface area (Å²) in [4.78, 5) is 14.6. The van der Waals surface area contributed by atoms with Gasteiger partial charge < -0.3 is 32.5 Å². The van der Waals surface area contributed by atoms with Gasteiger partial charge in [0.25, 0.3) is 0 Å². The number of nitrogens with one attached hydrogen (secondary N) is 1. The number of hydrogen-bond acceptors (Lipinski definition) is 8. The molecule has 0 amide bonds. The number of quaternary nitrogens is 1. The van der Waals surface area contributed by atoms with Crippen LogP contribution in [0, 0.1) is 6.92 Å². The van der Waals surface area contributed by atoms with Crippen LogP contribution >= 0.6 is 0 Å². The van der Waals surface area contributed by atoms with E-state index in [1.54, 1.807) is 19.4 Å². The van der Waals surface area contributed by atoms with E-state index in [-0.39, 0.29) is 12.4 Å². The molecule has 0 aliphatic rings. The van der Waals surface area contributed by atoms with Crippen LogP contribution in [0.2, 0.25) is 0 Å². The van der Waals surface area contributed by atoms with Crippen LogP contribution in [0.4, 0.5) is 11.6 Å². The van der Waals surface area contributed by atoms with Gasteiger partial charge in [0.05, 0.1) is 24.0 Å². The molecule has 3 N–H and O–H groups in total. The molecule has 3 heterocycles. The highest BCUT2D eigenvalue weighted by Gasteiger charge is 2.10. The molecule has 10 nitrogen and oxygen atoms in total. The maximum Gasteiger partial charge on any atom is 0.222 e. The van der Waals surface area contributed by atoms with E-state index in [9.17, 15) is 0 Å². The van der Waals surface area contributed by atoms with Crippen LogP contribution < -0.4 is 32.5 Å². The molecular weight excluding hydrogens is 444 g/mol. The lowest BCUT2D eigenvalue weighted by atomic mass is 10.2. The number of ether oxygens (including phenoxy) is 2. The van der Waals surface area contributed by atoms with Crippen molar-refractivity contribution < 1.29 is 27.2 Å². The summed E-state index contributed by atoms with van der Waals surface area (Å²) in [6.07, 6.45) is 4.82. The van der Waals surface area contributed by atoms with Crippen LogP contribution in [0.15, 0.2) is 43.0 Å². The summed E-state index contributed by atoms with van der Waals surface area (Å²) >= 11 is 0. The zero-order valence-electron chi connectivity index (χ0n) is 19.0. The summed E-state index contributed by atoms with van der Waals surface area (Å²) in [6, 6.07) is 8.10. The van der Waals surface area contributed by atoms with E-state index < -0.39 is 0 Å². The van der Waals surface area contributed by atoms with Crippen molar-refractivity contribution in [2.24, 2.45) is 7.05 Å². The molecule has 0 aliphatic carbocycles.